The number of nitrogens with zero attached hydrogens (tertiary/aromatic N) is 2. The highest BCUT2D eigenvalue weighted by molar-refractivity contribution is 9.10. The SMILES string of the molecule is Fc1cccc(-c2ncc3c(Br)cccn23)c1. The highest BCUT2D eigenvalue weighted by atomic mass is 79.9. The molecule has 0 bridgehead atoms. The van der Waals surface area contributed by atoms with Gasteiger partial charge in [-0.05, 0) is 40.2 Å². The molecule has 0 unspecified atom stereocenters. The van der Waals surface area contributed by atoms with E-state index in [9.17, 15) is 4.39 Å². The first-order valence-corrected chi connectivity index (χ1v) is 5.92. The van der Waals surface area contributed by atoms with E-state index in [0.29, 0.717) is 0 Å². The monoisotopic (exact) mass is 290 g/mol. The quantitative estimate of drug-likeness (QED) is 0.664. The number of pyridine rings is 1. The van der Waals surface area contributed by atoms with Crippen LogP contribution in [0.5, 0.6) is 0 Å². The van der Waals surface area contributed by atoms with E-state index in [1.807, 2.05) is 28.8 Å². The second kappa shape index (κ2) is 3.96. The number of imidazole rings is 1. The average molecular weight is 291 g/mol. The summed E-state index contributed by atoms with van der Waals surface area (Å²) >= 11 is 3.46. The fourth-order valence-corrected chi connectivity index (χ4v) is 2.27. The van der Waals surface area contributed by atoms with Crippen molar-refractivity contribution in [2.75, 3.05) is 0 Å². The van der Waals surface area contributed by atoms with E-state index in [2.05, 4.69) is 20.9 Å². The highest BCUT2D eigenvalue weighted by Crippen LogP contribution is 2.24. The summed E-state index contributed by atoms with van der Waals surface area (Å²) in [6, 6.07) is 10.3. The predicted molar refractivity (Wildman–Crippen MR) is 68.3 cm³/mol. The first-order chi connectivity index (χ1) is 8.25. The zero-order valence-corrected chi connectivity index (χ0v) is 10.4. The minimum atomic E-state index is -0.255. The first-order valence-electron chi connectivity index (χ1n) is 5.13. The molecule has 0 amide bonds. The van der Waals surface area contributed by atoms with Crippen LogP contribution in [0, 0.1) is 5.82 Å². The second-order valence-corrected chi connectivity index (χ2v) is 4.56. The van der Waals surface area contributed by atoms with Gasteiger partial charge in [0.05, 0.1) is 11.7 Å². The molecule has 0 aliphatic heterocycles. The number of halogens is 2. The zero-order chi connectivity index (χ0) is 11.8. The third-order valence-electron chi connectivity index (χ3n) is 2.60. The van der Waals surface area contributed by atoms with Crippen molar-refractivity contribution in [2.24, 2.45) is 0 Å². The molecule has 0 N–H and O–H groups in total. The van der Waals surface area contributed by atoms with Gasteiger partial charge in [-0.1, -0.05) is 12.1 Å². The third-order valence-corrected chi connectivity index (χ3v) is 3.27. The molecule has 0 spiro atoms. The van der Waals surface area contributed by atoms with Crippen LogP contribution in [0.1, 0.15) is 0 Å². The molecule has 2 heterocycles. The van der Waals surface area contributed by atoms with Crippen LogP contribution in [0.15, 0.2) is 53.3 Å². The second-order valence-electron chi connectivity index (χ2n) is 3.70. The molecule has 17 heavy (non-hydrogen) atoms. The molecule has 84 valence electrons. The molecule has 0 aliphatic carbocycles. The molecule has 1 aromatic carbocycles. The molecular weight excluding hydrogens is 283 g/mol. The molecule has 0 aliphatic rings. The Morgan fingerprint density at radius 1 is 1.18 bits per heavy atom. The highest BCUT2D eigenvalue weighted by Gasteiger charge is 2.08. The smallest absolute Gasteiger partial charge is 0.144 e. The molecule has 2 nitrogen and oxygen atoms in total. The van der Waals surface area contributed by atoms with Gasteiger partial charge < -0.3 is 0 Å². The Morgan fingerprint density at radius 3 is 2.88 bits per heavy atom. The van der Waals surface area contributed by atoms with Gasteiger partial charge in [-0.3, -0.25) is 4.40 Å². The topological polar surface area (TPSA) is 17.3 Å². The number of fused-ring (bicyclic) bond motifs is 1. The minimum Gasteiger partial charge on any atom is -0.299 e. The molecule has 0 fully saturated rings. The maximum absolute atomic E-state index is 13.2. The number of hydrogen-bond acceptors (Lipinski definition) is 1. The van der Waals surface area contributed by atoms with Gasteiger partial charge >= 0.3 is 0 Å². The van der Waals surface area contributed by atoms with Crippen LogP contribution in [0.3, 0.4) is 0 Å². The summed E-state index contributed by atoms with van der Waals surface area (Å²) in [5.41, 5.74) is 1.73. The third kappa shape index (κ3) is 1.74. The zero-order valence-electron chi connectivity index (χ0n) is 8.77. The van der Waals surface area contributed by atoms with Gasteiger partial charge in [-0.25, -0.2) is 9.37 Å². The van der Waals surface area contributed by atoms with Crippen molar-refractivity contribution in [2.45, 2.75) is 0 Å². The molecule has 0 saturated carbocycles. The van der Waals surface area contributed by atoms with Gasteiger partial charge in [0.15, 0.2) is 0 Å². The normalized spacial score (nSPS) is 10.9. The molecule has 4 heteroatoms. The van der Waals surface area contributed by atoms with Crippen LogP contribution >= 0.6 is 15.9 Å². The van der Waals surface area contributed by atoms with E-state index in [1.165, 1.54) is 12.1 Å². The lowest BCUT2D eigenvalue weighted by atomic mass is 10.2. The van der Waals surface area contributed by atoms with Crippen molar-refractivity contribution in [3.63, 3.8) is 0 Å². The summed E-state index contributed by atoms with van der Waals surface area (Å²) in [6.45, 7) is 0. The lowest BCUT2D eigenvalue weighted by Crippen LogP contribution is -1.89. The lowest BCUT2D eigenvalue weighted by molar-refractivity contribution is 0.628. The fourth-order valence-electron chi connectivity index (χ4n) is 1.83. The van der Waals surface area contributed by atoms with Crippen molar-refractivity contribution in [1.29, 1.82) is 0 Å². The van der Waals surface area contributed by atoms with Gasteiger partial charge in [-0.15, -0.1) is 0 Å². The summed E-state index contributed by atoms with van der Waals surface area (Å²) in [7, 11) is 0. The van der Waals surface area contributed by atoms with E-state index < -0.39 is 0 Å². The summed E-state index contributed by atoms with van der Waals surface area (Å²) in [5.74, 6) is 0.482. The van der Waals surface area contributed by atoms with E-state index >= 15 is 0 Å². The van der Waals surface area contributed by atoms with Gasteiger partial charge in [-0.2, -0.15) is 0 Å². The van der Waals surface area contributed by atoms with Gasteiger partial charge in [0.25, 0.3) is 0 Å². The maximum Gasteiger partial charge on any atom is 0.144 e. The largest absolute Gasteiger partial charge is 0.299 e. The first kappa shape index (κ1) is 10.5. The fraction of sp³-hybridized carbons (Fsp3) is 0. The van der Waals surface area contributed by atoms with E-state index in [0.717, 1.165) is 21.4 Å². The van der Waals surface area contributed by atoms with Crippen LogP contribution in [0.25, 0.3) is 16.9 Å². The number of hydrogen-bond donors (Lipinski definition) is 0. The lowest BCUT2D eigenvalue weighted by Gasteiger charge is -2.02. The Morgan fingerprint density at radius 2 is 2.06 bits per heavy atom. The van der Waals surface area contributed by atoms with Gasteiger partial charge in [0, 0.05) is 16.2 Å². The molecule has 0 radical (unpaired) electrons. The van der Waals surface area contributed by atoms with Crippen molar-refractivity contribution in [3.8, 4) is 11.4 Å². The van der Waals surface area contributed by atoms with Crippen LogP contribution in [-0.2, 0) is 0 Å². The van der Waals surface area contributed by atoms with Crippen molar-refractivity contribution in [1.82, 2.24) is 9.38 Å². The Balaban J connectivity index is 2.28. The van der Waals surface area contributed by atoms with E-state index in [-0.39, 0.29) is 5.82 Å². The van der Waals surface area contributed by atoms with Gasteiger partial charge in [0.1, 0.15) is 11.6 Å². The molecular formula is C13H8BrFN2. The van der Waals surface area contributed by atoms with Gasteiger partial charge in [0.2, 0.25) is 0 Å². The van der Waals surface area contributed by atoms with E-state index in [4.69, 9.17) is 0 Å². The van der Waals surface area contributed by atoms with Crippen LogP contribution in [0.2, 0.25) is 0 Å². The molecule has 3 rings (SSSR count). The Bertz CT molecular complexity index is 691. The maximum atomic E-state index is 13.2. The molecule has 3 aromatic rings. The van der Waals surface area contributed by atoms with Crippen molar-refractivity contribution < 1.29 is 4.39 Å². The van der Waals surface area contributed by atoms with Crippen molar-refractivity contribution in [3.05, 3.63) is 59.1 Å². The van der Waals surface area contributed by atoms with E-state index in [1.54, 1.807) is 12.3 Å². The predicted octanol–water partition coefficient (Wildman–Crippen LogP) is 3.90. The standard InChI is InChI=1S/C13H8BrFN2/c14-11-5-2-6-17-12(11)8-16-13(17)9-3-1-4-10(15)7-9/h1-8H. The summed E-state index contributed by atoms with van der Waals surface area (Å²) in [5, 5.41) is 0. The summed E-state index contributed by atoms with van der Waals surface area (Å²) < 4.78 is 16.1. The minimum absolute atomic E-state index is 0.255. The summed E-state index contributed by atoms with van der Waals surface area (Å²) in [6.07, 6.45) is 3.68. The van der Waals surface area contributed by atoms with Crippen molar-refractivity contribution >= 4 is 21.4 Å². The average Bonchev–Trinajstić information content (AvgIpc) is 2.74. The number of rotatable bonds is 1. The Kier molecular flexibility index (Phi) is 2.44. The number of aromatic nitrogens is 2. The summed E-state index contributed by atoms with van der Waals surface area (Å²) in [4.78, 5) is 4.33. The Hall–Kier alpha value is -1.68. The Labute approximate surface area is 106 Å². The number of benzene rings is 1. The molecule has 2 aromatic heterocycles. The molecule has 0 atom stereocenters. The van der Waals surface area contributed by atoms with Crippen LogP contribution in [0.4, 0.5) is 4.39 Å². The molecule has 0 saturated heterocycles. The van der Waals surface area contributed by atoms with Crippen LogP contribution < -0.4 is 0 Å². The van der Waals surface area contributed by atoms with Crippen LogP contribution in [-0.4, -0.2) is 9.38 Å².